The van der Waals surface area contributed by atoms with E-state index in [0.717, 1.165) is 10.1 Å². The highest BCUT2D eigenvalue weighted by atomic mass is 32.2. The molecule has 2 aromatic rings. The smallest absolute Gasteiger partial charge is 0.272 e. The van der Waals surface area contributed by atoms with E-state index in [9.17, 15) is 9.59 Å². The Morgan fingerprint density at radius 3 is 2.91 bits per heavy atom. The third kappa shape index (κ3) is 3.54. The van der Waals surface area contributed by atoms with Gasteiger partial charge in [-0.05, 0) is 30.9 Å². The molecule has 112 valence electrons. The predicted molar refractivity (Wildman–Crippen MR) is 84.8 cm³/mol. The second-order valence-corrected chi connectivity index (χ2v) is 5.39. The average Bonchev–Trinajstić information content (AvgIpc) is 2.49. The molecule has 1 amide bonds. The molecule has 0 saturated carbocycles. The lowest BCUT2D eigenvalue weighted by atomic mass is 10.2. The van der Waals surface area contributed by atoms with Crippen molar-refractivity contribution in [1.82, 2.24) is 9.55 Å². The van der Waals surface area contributed by atoms with Gasteiger partial charge in [0.1, 0.15) is 23.2 Å². The Morgan fingerprint density at radius 1 is 1.50 bits per heavy atom. The van der Waals surface area contributed by atoms with E-state index in [-0.39, 0.29) is 18.0 Å². The van der Waals surface area contributed by atoms with Gasteiger partial charge in [0.2, 0.25) is 5.91 Å². The molecule has 0 aliphatic rings. The topological polar surface area (TPSA) is 87.8 Å². The first kappa shape index (κ1) is 15.8. The third-order valence-electron chi connectivity index (χ3n) is 2.92. The molecule has 0 unspecified atom stereocenters. The number of nitrogens with zero attached hydrogens (tertiary/aromatic N) is 3. The maximum absolute atomic E-state index is 12.1. The van der Waals surface area contributed by atoms with Crippen molar-refractivity contribution in [3.8, 4) is 6.07 Å². The summed E-state index contributed by atoms with van der Waals surface area (Å²) in [6.07, 6.45) is 3.02. The zero-order valence-electron chi connectivity index (χ0n) is 12.2. The molecular formula is C15H14N4O2S. The summed E-state index contributed by atoms with van der Waals surface area (Å²) in [7, 11) is 0. The molecule has 1 N–H and O–H groups in total. The van der Waals surface area contributed by atoms with E-state index in [2.05, 4.69) is 10.3 Å². The zero-order valence-corrected chi connectivity index (χ0v) is 13.0. The number of thioether (sulfide) groups is 1. The number of nitriles is 1. The number of aromatic nitrogens is 2. The number of carbonyl (C=O) groups excluding carboxylic acids is 1. The highest BCUT2D eigenvalue weighted by Crippen LogP contribution is 2.13. The lowest BCUT2D eigenvalue weighted by molar-refractivity contribution is -0.116. The van der Waals surface area contributed by atoms with E-state index in [0.29, 0.717) is 10.7 Å². The molecular weight excluding hydrogens is 300 g/mol. The van der Waals surface area contributed by atoms with E-state index >= 15 is 0 Å². The summed E-state index contributed by atoms with van der Waals surface area (Å²) in [6.45, 7) is 1.73. The van der Waals surface area contributed by atoms with Gasteiger partial charge >= 0.3 is 0 Å². The van der Waals surface area contributed by atoms with Crippen molar-refractivity contribution in [3.63, 3.8) is 0 Å². The van der Waals surface area contributed by atoms with Gasteiger partial charge in [0.25, 0.3) is 5.56 Å². The van der Waals surface area contributed by atoms with Crippen LogP contribution >= 0.6 is 11.8 Å². The van der Waals surface area contributed by atoms with Crippen molar-refractivity contribution in [1.29, 1.82) is 5.26 Å². The summed E-state index contributed by atoms with van der Waals surface area (Å²) in [5, 5.41) is 12.1. The number of aryl methyl sites for hydroxylation is 1. The molecule has 0 fully saturated rings. The molecule has 0 radical (unpaired) electrons. The fourth-order valence-corrected chi connectivity index (χ4v) is 2.40. The number of amides is 1. The van der Waals surface area contributed by atoms with Gasteiger partial charge in [-0.15, -0.1) is 11.8 Å². The number of hydrogen-bond acceptors (Lipinski definition) is 5. The van der Waals surface area contributed by atoms with Gasteiger partial charge in [0, 0.05) is 5.69 Å². The maximum Gasteiger partial charge on any atom is 0.272 e. The van der Waals surface area contributed by atoms with Crippen LogP contribution in [-0.4, -0.2) is 21.7 Å². The summed E-state index contributed by atoms with van der Waals surface area (Å²) in [5.41, 5.74) is 1.12. The summed E-state index contributed by atoms with van der Waals surface area (Å²) < 4.78 is 1.13. The monoisotopic (exact) mass is 314 g/mol. The Labute approximate surface area is 131 Å². The summed E-state index contributed by atoms with van der Waals surface area (Å²) in [6, 6.07) is 9.19. The normalized spacial score (nSPS) is 10.0. The SMILES string of the molecule is CSc1ncn(CC(=O)Nc2cccc(C)c2)c(=O)c1C#N. The van der Waals surface area contributed by atoms with Crippen LogP contribution in [0.4, 0.5) is 5.69 Å². The van der Waals surface area contributed by atoms with E-state index in [4.69, 9.17) is 5.26 Å². The lowest BCUT2D eigenvalue weighted by Gasteiger charge is -2.08. The minimum absolute atomic E-state index is 0.0432. The average molecular weight is 314 g/mol. The summed E-state index contributed by atoms with van der Waals surface area (Å²) in [4.78, 5) is 28.2. The van der Waals surface area contributed by atoms with Crippen LogP contribution in [0.1, 0.15) is 11.1 Å². The highest BCUT2D eigenvalue weighted by molar-refractivity contribution is 7.98. The number of carbonyl (C=O) groups is 1. The first-order chi connectivity index (χ1) is 10.5. The summed E-state index contributed by atoms with van der Waals surface area (Å²) >= 11 is 1.22. The first-order valence-corrected chi connectivity index (χ1v) is 7.67. The Morgan fingerprint density at radius 2 is 2.27 bits per heavy atom. The van der Waals surface area contributed by atoms with Crippen molar-refractivity contribution >= 4 is 23.4 Å². The van der Waals surface area contributed by atoms with Crippen LogP contribution in [0.3, 0.4) is 0 Å². The highest BCUT2D eigenvalue weighted by Gasteiger charge is 2.12. The van der Waals surface area contributed by atoms with E-state index < -0.39 is 5.56 Å². The van der Waals surface area contributed by atoms with Gasteiger partial charge in [-0.1, -0.05) is 12.1 Å². The zero-order chi connectivity index (χ0) is 16.1. The molecule has 2 rings (SSSR count). The maximum atomic E-state index is 12.1. The quantitative estimate of drug-likeness (QED) is 0.686. The molecule has 7 heteroatoms. The predicted octanol–water partition coefficient (Wildman–Crippen LogP) is 1.78. The molecule has 22 heavy (non-hydrogen) atoms. The molecule has 0 saturated heterocycles. The van der Waals surface area contributed by atoms with Crippen molar-refractivity contribution < 1.29 is 4.79 Å². The van der Waals surface area contributed by atoms with Crippen LogP contribution in [0.5, 0.6) is 0 Å². The van der Waals surface area contributed by atoms with Crippen molar-refractivity contribution in [2.24, 2.45) is 0 Å². The minimum Gasteiger partial charge on any atom is -0.325 e. The van der Waals surface area contributed by atoms with Gasteiger partial charge in [-0.25, -0.2) is 4.98 Å². The minimum atomic E-state index is -0.513. The van der Waals surface area contributed by atoms with Crippen LogP contribution < -0.4 is 10.9 Å². The van der Waals surface area contributed by atoms with Gasteiger partial charge in [0.15, 0.2) is 0 Å². The standard InChI is InChI=1S/C15H14N4O2S/c1-10-4-3-5-11(6-10)18-13(20)8-19-9-17-14(22-2)12(7-16)15(19)21/h3-6,9H,8H2,1-2H3,(H,18,20). The molecule has 0 aliphatic heterocycles. The van der Waals surface area contributed by atoms with Crippen LogP contribution in [0, 0.1) is 18.3 Å². The largest absolute Gasteiger partial charge is 0.325 e. The number of benzene rings is 1. The third-order valence-corrected chi connectivity index (χ3v) is 3.62. The second-order valence-electron chi connectivity index (χ2n) is 4.59. The van der Waals surface area contributed by atoms with Crippen LogP contribution in [0.15, 0.2) is 40.4 Å². The number of nitrogens with one attached hydrogen (secondary N) is 1. The first-order valence-electron chi connectivity index (χ1n) is 6.45. The van der Waals surface area contributed by atoms with Crippen LogP contribution in [-0.2, 0) is 11.3 Å². The molecule has 1 aromatic carbocycles. The summed E-state index contributed by atoms with van der Waals surface area (Å²) in [5.74, 6) is -0.352. The molecule has 0 atom stereocenters. The van der Waals surface area contributed by atoms with Crippen molar-refractivity contribution in [3.05, 3.63) is 52.1 Å². The fraction of sp³-hybridized carbons (Fsp3) is 0.200. The Hall–Kier alpha value is -2.59. The van der Waals surface area contributed by atoms with E-state index in [1.165, 1.54) is 18.1 Å². The van der Waals surface area contributed by atoms with Crippen molar-refractivity contribution in [2.45, 2.75) is 18.5 Å². The number of rotatable bonds is 4. The molecule has 1 heterocycles. The Balaban J connectivity index is 2.19. The Kier molecular flexibility index (Phi) is 4.96. The van der Waals surface area contributed by atoms with E-state index in [1.54, 1.807) is 12.3 Å². The van der Waals surface area contributed by atoms with Gasteiger partial charge in [0.05, 0.1) is 6.33 Å². The van der Waals surface area contributed by atoms with Gasteiger partial charge in [-0.3, -0.25) is 14.2 Å². The molecule has 0 aliphatic carbocycles. The van der Waals surface area contributed by atoms with Gasteiger partial charge < -0.3 is 5.32 Å². The second kappa shape index (κ2) is 6.91. The Bertz CT molecular complexity index is 808. The number of anilines is 1. The molecule has 6 nitrogen and oxygen atoms in total. The van der Waals surface area contributed by atoms with Crippen LogP contribution in [0.25, 0.3) is 0 Å². The number of hydrogen-bond donors (Lipinski definition) is 1. The van der Waals surface area contributed by atoms with Gasteiger partial charge in [-0.2, -0.15) is 5.26 Å². The van der Waals surface area contributed by atoms with E-state index in [1.807, 2.05) is 31.2 Å². The lowest BCUT2D eigenvalue weighted by Crippen LogP contribution is -2.29. The molecule has 0 bridgehead atoms. The van der Waals surface area contributed by atoms with Crippen molar-refractivity contribution in [2.75, 3.05) is 11.6 Å². The molecule has 0 spiro atoms. The fourth-order valence-electron chi connectivity index (χ4n) is 1.92. The van der Waals surface area contributed by atoms with Crippen LogP contribution in [0.2, 0.25) is 0 Å². The molecule has 1 aromatic heterocycles.